The maximum absolute atomic E-state index is 8.88. The highest BCUT2D eigenvalue weighted by molar-refractivity contribution is 14.1. The van der Waals surface area contributed by atoms with Crippen LogP contribution in [0.2, 0.25) is 0 Å². The van der Waals surface area contributed by atoms with Gasteiger partial charge in [0.1, 0.15) is 0 Å². The van der Waals surface area contributed by atoms with Crippen molar-refractivity contribution < 1.29 is 0 Å². The number of aryl methyl sites for hydroxylation is 2. The third-order valence-electron chi connectivity index (χ3n) is 2.61. The normalized spacial score (nSPS) is 9.88. The van der Waals surface area contributed by atoms with Crippen LogP contribution in [0.15, 0.2) is 42.7 Å². The summed E-state index contributed by atoms with van der Waals surface area (Å²) < 4.78 is 1.22. The molecule has 1 aromatic carbocycles. The Morgan fingerprint density at radius 3 is 2.59 bits per heavy atom. The quantitative estimate of drug-likeness (QED) is 0.808. The van der Waals surface area contributed by atoms with Crippen LogP contribution < -0.4 is 0 Å². The van der Waals surface area contributed by atoms with E-state index in [1.165, 1.54) is 14.7 Å². The number of halogens is 1. The Labute approximate surface area is 114 Å². The van der Waals surface area contributed by atoms with Crippen molar-refractivity contribution in [2.45, 2.75) is 12.8 Å². The minimum absolute atomic E-state index is 0.732. The molecule has 2 rings (SSSR count). The average molecular weight is 334 g/mol. The molecule has 0 aliphatic carbocycles. The van der Waals surface area contributed by atoms with Crippen LogP contribution in [0.5, 0.6) is 0 Å². The third-order valence-corrected chi connectivity index (χ3v) is 3.66. The van der Waals surface area contributed by atoms with E-state index < -0.39 is 0 Å². The zero-order chi connectivity index (χ0) is 12.1. The molecule has 1 aromatic heterocycles. The van der Waals surface area contributed by atoms with Crippen molar-refractivity contribution in [3.8, 4) is 6.07 Å². The lowest BCUT2D eigenvalue weighted by atomic mass is 10.0. The van der Waals surface area contributed by atoms with E-state index in [0.29, 0.717) is 0 Å². The van der Waals surface area contributed by atoms with Gasteiger partial charge in [0.25, 0.3) is 0 Å². The van der Waals surface area contributed by atoms with Crippen molar-refractivity contribution in [1.82, 2.24) is 4.98 Å². The Balaban J connectivity index is 2.12. The molecule has 0 unspecified atom stereocenters. The maximum Gasteiger partial charge on any atom is 0.0991 e. The second-order valence-electron chi connectivity index (χ2n) is 3.77. The van der Waals surface area contributed by atoms with E-state index >= 15 is 0 Å². The van der Waals surface area contributed by atoms with Crippen LogP contribution in [-0.4, -0.2) is 4.98 Å². The summed E-state index contributed by atoms with van der Waals surface area (Å²) in [7, 11) is 0. The zero-order valence-corrected chi connectivity index (χ0v) is 11.4. The largest absolute Gasteiger partial charge is 0.265 e. The first-order valence-electron chi connectivity index (χ1n) is 5.37. The lowest BCUT2D eigenvalue weighted by Crippen LogP contribution is -1.95. The van der Waals surface area contributed by atoms with Crippen molar-refractivity contribution in [1.29, 1.82) is 5.26 Å². The van der Waals surface area contributed by atoms with E-state index in [1.54, 1.807) is 0 Å². The van der Waals surface area contributed by atoms with Gasteiger partial charge in [0.05, 0.1) is 11.6 Å². The molecule has 0 atom stereocenters. The topological polar surface area (TPSA) is 36.7 Å². The SMILES string of the molecule is N#Cc1ccc(I)c(CCc2ccncc2)c1. The molecule has 0 saturated carbocycles. The molecule has 0 fully saturated rings. The molecule has 1 heterocycles. The van der Waals surface area contributed by atoms with Gasteiger partial charge >= 0.3 is 0 Å². The van der Waals surface area contributed by atoms with Crippen LogP contribution in [0.3, 0.4) is 0 Å². The fourth-order valence-corrected chi connectivity index (χ4v) is 2.27. The zero-order valence-electron chi connectivity index (χ0n) is 9.23. The summed E-state index contributed by atoms with van der Waals surface area (Å²) in [5.74, 6) is 0. The standard InChI is InChI=1S/C14H11IN2/c15-14-4-2-12(10-16)9-13(14)3-1-11-5-7-17-8-6-11/h2,4-9H,1,3H2. The molecule has 0 aliphatic heterocycles. The minimum Gasteiger partial charge on any atom is -0.265 e. The number of rotatable bonds is 3. The fourth-order valence-electron chi connectivity index (χ4n) is 1.66. The van der Waals surface area contributed by atoms with Crippen LogP contribution in [0.25, 0.3) is 0 Å². The Kier molecular flexibility index (Phi) is 4.10. The van der Waals surface area contributed by atoms with E-state index in [2.05, 4.69) is 33.6 Å². The molecule has 84 valence electrons. The summed E-state index contributed by atoms with van der Waals surface area (Å²) in [5.41, 5.74) is 3.25. The Bertz CT molecular complexity index is 544. The molecule has 2 nitrogen and oxygen atoms in total. The highest BCUT2D eigenvalue weighted by Crippen LogP contribution is 2.16. The second kappa shape index (κ2) is 5.78. The van der Waals surface area contributed by atoms with Gasteiger partial charge in [0.2, 0.25) is 0 Å². The number of hydrogen-bond donors (Lipinski definition) is 0. The maximum atomic E-state index is 8.88. The molecule has 0 amide bonds. The molecule has 0 saturated heterocycles. The van der Waals surface area contributed by atoms with Crippen molar-refractivity contribution in [3.05, 3.63) is 63.0 Å². The molecule has 2 aromatic rings. The second-order valence-corrected chi connectivity index (χ2v) is 4.94. The smallest absolute Gasteiger partial charge is 0.0991 e. The fraction of sp³-hybridized carbons (Fsp3) is 0.143. The number of nitrogens with zero attached hydrogens (tertiary/aromatic N) is 2. The monoisotopic (exact) mass is 334 g/mol. The highest BCUT2D eigenvalue weighted by atomic mass is 127. The third kappa shape index (κ3) is 3.27. The predicted octanol–water partition coefficient (Wildman–Crippen LogP) is 3.34. The van der Waals surface area contributed by atoms with Crippen molar-refractivity contribution in [2.24, 2.45) is 0 Å². The molecule has 0 aliphatic rings. The van der Waals surface area contributed by atoms with Crippen LogP contribution in [0.4, 0.5) is 0 Å². The Morgan fingerprint density at radius 2 is 1.88 bits per heavy atom. The summed E-state index contributed by atoms with van der Waals surface area (Å²) >= 11 is 2.31. The van der Waals surface area contributed by atoms with Crippen molar-refractivity contribution in [3.63, 3.8) is 0 Å². The van der Waals surface area contributed by atoms with Crippen LogP contribution in [-0.2, 0) is 12.8 Å². The molecule has 3 heteroatoms. The van der Waals surface area contributed by atoms with Crippen LogP contribution in [0, 0.1) is 14.9 Å². The Hall–Kier alpha value is -1.41. The van der Waals surface area contributed by atoms with Gasteiger partial charge in [-0.1, -0.05) is 0 Å². The Morgan fingerprint density at radius 1 is 1.12 bits per heavy atom. The molecule has 0 spiro atoms. The lowest BCUT2D eigenvalue weighted by molar-refractivity contribution is 0.948. The van der Waals surface area contributed by atoms with E-state index in [1.807, 2.05) is 42.7 Å². The first kappa shape index (κ1) is 12.1. The van der Waals surface area contributed by atoms with Crippen LogP contribution in [0.1, 0.15) is 16.7 Å². The average Bonchev–Trinajstić information content (AvgIpc) is 2.39. The van der Waals surface area contributed by atoms with Gasteiger partial charge in [-0.3, -0.25) is 4.98 Å². The molecule has 17 heavy (non-hydrogen) atoms. The number of hydrogen-bond acceptors (Lipinski definition) is 2. The molecule has 0 radical (unpaired) electrons. The number of pyridine rings is 1. The number of nitriles is 1. The highest BCUT2D eigenvalue weighted by Gasteiger charge is 2.02. The predicted molar refractivity (Wildman–Crippen MR) is 75.5 cm³/mol. The van der Waals surface area contributed by atoms with Crippen molar-refractivity contribution in [2.75, 3.05) is 0 Å². The number of aromatic nitrogens is 1. The van der Waals surface area contributed by atoms with Gasteiger partial charge in [0, 0.05) is 16.0 Å². The van der Waals surface area contributed by atoms with Gasteiger partial charge in [0.15, 0.2) is 0 Å². The van der Waals surface area contributed by atoms with E-state index in [-0.39, 0.29) is 0 Å². The summed E-state index contributed by atoms with van der Waals surface area (Å²) in [6.07, 6.45) is 5.56. The first-order valence-corrected chi connectivity index (χ1v) is 6.45. The molecule has 0 N–H and O–H groups in total. The minimum atomic E-state index is 0.732. The first-order chi connectivity index (χ1) is 8.29. The van der Waals surface area contributed by atoms with Gasteiger partial charge in [-0.05, 0) is 76.9 Å². The molecule has 0 bridgehead atoms. The van der Waals surface area contributed by atoms with Gasteiger partial charge in [-0.25, -0.2) is 0 Å². The summed E-state index contributed by atoms with van der Waals surface area (Å²) in [4.78, 5) is 4.00. The molecular weight excluding hydrogens is 323 g/mol. The summed E-state index contributed by atoms with van der Waals surface area (Å²) in [6.45, 7) is 0. The molecular formula is C14H11IN2. The van der Waals surface area contributed by atoms with Gasteiger partial charge in [-0.2, -0.15) is 5.26 Å². The van der Waals surface area contributed by atoms with E-state index in [0.717, 1.165) is 18.4 Å². The van der Waals surface area contributed by atoms with Gasteiger partial charge in [-0.15, -0.1) is 0 Å². The number of benzene rings is 1. The summed E-state index contributed by atoms with van der Waals surface area (Å²) in [6, 6.07) is 12.1. The van der Waals surface area contributed by atoms with Crippen molar-refractivity contribution >= 4 is 22.6 Å². The van der Waals surface area contributed by atoms with Crippen LogP contribution >= 0.6 is 22.6 Å². The van der Waals surface area contributed by atoms with E-state index in [4.69, 9.17) is 5.26 Å². The van der Waals surface area contributed by atoms with E-state index in [9.17, 15) is 0 Å². The van der Waals surface area contributed by atoms with Gasteiger partial charge < -0.3 is 0 Å². The lowest BCUT2D eigenvalue weighted by Gasteiger charge is -2.05. The summed E-state index contributed by atoms with van der Waals surface area (Å²) in [5, 5.41) is 8.88.